The highest BCUT2D eigenvalue weighted by atomic mass is 79.9. The number of phenolic OH excluding ortho intramolecular Hbond substituents is 1. The molecule has 0 amide bonds. The van der Waals surface area contributed by atoms with E-state index in [-0.39, 0.29) is 6.04 Å². The molecule has 1 atom stereocenters. The first-order valence-corrected chi connectivity index (χ1v) is 7.90. The number of benzene rings is 2. The highest BCUT2D eigenvalue weighted by Gasteiger charge is 2.25. The molecule has 0 aromatic heterocycles. The van der Waals surface area contributed by atoms with Crippen LogP contribution in [0.4, 0.5) is 0 Å². The van der Waals surface area contributed by atoms with Gasteiger partial charge in [-0.25, -0.2) is 0 Å². The lowest BCUT2D eigenvalue weighted by Crippen LogP contribution is -2.34. The summed E-state index contributed by atoms with van der Waals surface area (Å²) in [6.45, 7) is 5.86. The Hall–Kier alpha value is -1.58. The zero-order valence-electron chi connectivity index (χ0n) is 11.8. The van der Waals surface area contributed by atoms with Crippen LogP contribution in [0.2, 0.25) is 0 Å². The Kier molecular flexibility index (Phi) is 4.13. The Balaban J connectivity index is 1.91. The van der Waals surface area contributed by atoms with Crippen LogP contribution in [0.1, 0.15) is 22.7 Å². The summed E-state index contributed by atoms with van der Waals surface area (Å²) < 4.78 is 1.13. The lowest BCUT2D eigenvalue weighted by Gasteiger charge is -2.36. The normalized spacial score (nSPS) is 18.2. The van der Waals surface area contributed by atoms with E-state index in [9.17, 15) is 5.11 Å². The monoisotopic (exact) mass is 343 g/mol. The fourth-order valence-corrected chi connectivity index (χ4v) is 3.39. The summed E-state index contributed by atoms with van der Waals surface area (Å²) in [6, 6.07) is 14.1. The number of hydrogen-bond acceptors (Lipinski definition) is 2. The summed E-state index contributed by atoms with van der Waals surface area (Å²) in [5.74, 6) is 0.323. The van der Waals surface area contributed by atoms with Crippen molar-refractivity contribution in [3.8, 4) is 5.75 Å². The van der Waals surface area contributed by atoms with Crippen LogP contribution in [0.25, 0.3) is 0 Å². The molecule has 2 nitrogen and oxygen atoms in total. The third-order valence-corrected chi connectivity index (χ3v) is 4.84. The van der Waals surface area contributed by atoms with Crippen molar-refractivity contribution in [2.75, 3.05) is 6.54 Å². The van der Waals surface area contributed by atoms with Crippen LogP contribution in [0.3, 0.4) is 0 Å². The fraction of sp³-hybridized carbons (Fsp3) is 0.222. The van der Waals surface area contributed by atoms with Crippen molar-refractivity contribution < 1.29 is 5.11 Å². The van der Waals surface area contributed by atoms with Crippen LogP contribution < -0.4 is 0 Å². The van der Waals surface area contributed by atoms with Crippen LogP contribution in [0.5, 0.6) is 5.75 Å². The Bertz CT molecular complexity index is 668. The second-order valence-corrected chi connectivity index (χ2v) is 6.23. The Morgan fingerprint density at radius 1 is 1.29 bits per heavy atom. The summed E-state index contributed by atoms with van der Waals surface area (Å²) in [5, 5.41) is 9.76. The molecule has 0 saturated carbocycles. The third-order valence-electron chi connectivity index (χ3n) is 4.06. The van der Waals surface area contributed by atoms with Gasteiger partial charge in [-0.15, -0.1) is 6.58 Å². The third kappa shape index (κ3) is 2.89. The van der Waals surface area contributed by atoms with E-state index in [1.807, 2.05) is 24.3 Å². The van der Waals surface area contributed by atoms with Gasteiger partial charge in [0.25, 0.3) is 0 Å². The summed E-state index contributed by atoms with van der Waals surface area (Å²) in [5.41, 5.74) is 3.75. The van der Waals surface area contributed by atoms with E-state index in [4.69, 9.17) is 0 Å². The lowest BCUT2D eigenvalue weighted by atomic mass is 9.92. The largest absolute Gasteiger partial charge is 0.508 e. The van der Waals surface area contributed by atoms with Gasteiger partial charge in [0.15, 0.2) is 0 Å². The van der Waals surface area contributed by atoms with Crippen LogP contribution in [0.15, 0.2) is 59.6 Å². The van der Waals surface area contributed by atoms with Crippen molar-refractivity contribution in [3.05, 3.63) is 76.3 Å². The molecule has 2 aromatic carbocycles. The molecule has 21 heavy (non-hydrogen) atoms. The Morgan fingerprint density at radius 2 is 2.10 bits per heavy atom. The van der Waals surface area contributed by atoms with E-state index < -0.39 is 0 Å². The zero-order chi connectivity index (χ0) is 14.8. The topological polar surface area (TPSA) is 23.5 Å². The van der Waals surface area contributed by atoms with Gasteiger partial charge in [-0.2, -0.15) is 0 Å². The highest BCUT2D eigenvalue weighted by Crippen LogP contribution is 2.34. The fourth-order valence-electron chi connectivity index (χ4n) is 2.98. The number of fused-ring (bicyclic) bond motifs is 1. The van der Waals surface area contributed by atoms with E-state index >= 15 is 0 Å². The van der Waals surface area contributed by atoms with Crippen molar-refractivity contribution >= 4 is 15.9 Å². The maximum absolute atomic E-state index is 9.76. The van der Waals surface area contributed by atoms with Crippen molar-refractivity contribution in [1.82, 2.24) is 4.90 Å². The molecule has 0 spiro atoms. The minimum Gasteiger partial charge on any atom is -0.508 e. The van der Waals surface area contributed by atoms with Crippen LogP contribution in [-0.4, -0.2) is 16.6 Å². The molecule has 1 aliphatic heterocycles. The number of nitrogens with zero attached hydrogens (tertiary/aromatic N) is 1. The first-order chi connectivity index (χ1) is 10.2. The molecule has 108 valence electrons. The SMILES string of the molecule is C=CC1c2cc(O)ccc2CCN1Cc1ccccc1Br. The summed E-state index contributed by atoms with van der Waals surface area (Å²) in [6.07, 6.45) is 2.97. The average Bonchev–Trinajstić information content (AvgIpc) is 2.49. The quantitative estimate of drug-likeness (QED) is 0.832. The molecule has 0 aliphatic carbocycles. The predicted octanol–water partition coefficient (Wildman–Crippen LogP) is 4.44. The molecule has 2 aromatic rings. The number of rotatable bonds is 3. The van der Waals surface area contributed by atoms with Crippen LogP contribution >= 0.6 is 15.9 Å². The molecule has 0 radical (unpaired) electrons. The standard InChI is InChI=1S/C18H18BrNO/c1-2-18-16-11-15(21)8-7-13(16)9-10-20(18)12-14-5-3-4-6-17(14)19/h2-8,11,18,21H,1,9-10,12H2. The molecular formula is C18H18BrNO. The van der Waals surface area contributed by atoms with Gasteiger partial charge in [0.05, 0.1) is 6.04 Å². The maximum Gasteiger partial charge on any atom is 0.115 e. The van der Waals surface area contributed by atoms with Gasteiger partial charge < -0.3 is 5.11 Å². The minimum absolute atomic E-state index is 0.146. The van der Waals surface area contributed by atoms with Crippen LogP contribution in [0, 0.1) is 0 Å². The average molecular weight is 344 g/mol. The van der Waals surface area contributed by atoms with E-state index in [2.05, 4.69) is 45.6 Å². The molecule has 1 N–H and O–H groups in total. The lowest BCUT2D eigenvalue weighted by molar-refractivity contribution is 0.209. The number of phenols is 1. The van der Waals surface area contributed by atoms with Gasteiger partial charge >= 0.3 is 0 Å². The highest BCUT2D eigenvalue weighted by molar-refractivity contribution is 9.10. The van der Waals surface area contributed by atoms with Crippen molar-refractivity contribution in [1.29, 1.82) is 0 Å². The molecule has 1 heterocycles. The van der Waals surface area contributed by atoms with E-state index in [0.29, 0.717) is 5.75 Å². The number of hydrogen-bond donors (Lipinski definition) is 1. The molecular weight excluding hydrogens is 326 g/mol. The molecule has 0 bridgehead atoms. The summed E-state index contributed by atoms with van der Waals surface area (Å²) in [7, 11) is 0. The predicted molar refractivity (Wildman–Crippen MR) is 89.3 cm³/mol. The Labute approximate surface area is 133 Å². The van der Waals surface area contributed by atoms with E-state index in [0.717, 1.165) is 24.0 Å². The van der Waals surface area contributed by atoms with Gasteiger partial charge in [0.1, 0.15) is 5.75 Å². The summed E-state index contributed by atoms with van der Waals surface area (Å²) in [4.78, 5) is 2.40. The van der Waals surface area contributed by atoms with Crippen molar-refractivity contribution in [2.24, 2.45) is 0 Å². The van der Waals surface area contributed by atoms with Gasteiger partial charge in [-0.1, -0.05) is 46.3 Å². The second kappa shape index (κ2) is 6.04. The van der Waals surface area contributed by atoms with E-state index in [1.165, 1.54) is 16.7 Å². The van der Waals surface area contributed by atoms with Crippen molar-refractivity contribution in [3.63, 3.8) is 0 Å². The van der Waals surface area contributed by atoms with Gasteiger partial charge in [-0.3, -0.25) is 4.90 Å². The van der Waals surface area contributed by atoms with E-state index in [1.54, 1.807) is 6.07 Å². The van der Waals surface area contributed by atoms with Gasteiger partial charge in [0.2, 0.25) is 0 Å². The second-order valence-electron chi connectivity index (χ2n) is 5.38. The van der Waals surface area contributed by atoms with Crippen molar-refractivity contribution in [2.45, 2.75) is 19.0 Å². The molecule has 1 aliphatic rings. The van der Waals surface area contributed by atoms with Gasteiger partial charge in [0, 0.05) is 17.6 Å². The maximum atomic E-state index is 9.76. The Morgan fingerprint density at radius 3 is 2.86 bits per heavy atom. The zero-order valence-corrected chi connectivity index (χ0v) is 13.4. The first-order valence-electron chi connectivity index (χ1n) is 7.11. The smallest absolute Gasteiger partial charge is 0.115 e. The molecule has 0 fully saturated rings. The number of halogens is 1. The molecule has 3 heteroatoms. The minimum atomic E-state index is 0.146. The molecule has 1 unspecified atom stereocenters. The number of aromatic hydroxyl groups is 1. The summed E-state index contributed by atoms with van der Waals surface area (Å²) >= 11 is 3.62. The molecule has 0 saturated heterocycles. The first kappa shape index (κ1) is 14.4. The molecule has 3 rings (SSSR count). The van der Waals surface area contributed by atoms with Crippen LogP contribution in [-0.2, 0) is 13.0 Å². The van der Waals surface area contributed by atoms with Gasteiger partial charge in [-0.05, 0) is 41.3 Å².